The van der Waals surface area contributed by atoms with Crippen LogP contribution in [0.3, 0.4) is 0 Å². The fraction of sp³-hybridized carbons (Fsp3) is 0.364. The fourth-order valence-electron chi connectivity index (χ4n) is 3.18. The standard InChI is InChI=1S/C22H25N3O3/c1-13(2)7-6-8-25-19(18(14(3)4)21(27)24-22(25)28)20(26)17-10-15(5)9-16(11-17)12-23/h7,9-11,14H,6,8H2,1-5H3,(H,24,27,28). The first-order chi connectivity index (χ1) is 13.1. The van der Waals surface area contributed by atoms with Crippen LogP contribution in [0.2, 0.25) is 0 Å². The van der Waals surface area contributed by atoms with E-state index >= 15 is 0 Å². The van der Waals surface area contributed by atoms with Gasteiger partial charge in [-0.2, -0.15) is 5.26 Å². The van der Waals surface area contributed by atoms with Crippen LogP contribution in [0, 0.1) is 18.3 Å². The Morgan fingerprint density at radius 2 is 1.93 bits per heavy atom. The average Bonchev–Trinajstić information content (AvgIpc) is 2.61. The Kier molecular flexibility index (Phi) is 6.53. The van der Waals surface area contributed by atoms with E-state index in [0.717, 1.165) is 11.1 Å². The lowest BCUT2D eigenvalue weighted by molar-refractivity contribution is 0.102. The minimum Gasteiger partial charge on any atom is -0.289 e. The van der Waals surface area contributed by atoms with E-state index in [4.69, 9.17) is 0 Å². The van der Waals surface area contributed by atoms with E-state index in [1.807, 2.05) is 39.8 Å². The minimum absolute atomic E-state index is 0.0976. The van der Waals surface area contributed by atoms with Crippen molar-refractivity contribution in [2.75, 3.05) is 0 Å². The largest absolute Gasteiger partial charge is 0.328 e. The number of benzene rings is 1. The molecule has 0 aliphatic heterocycles. The topological polar surface area (TPSA) is 95.7 Å². The third kappa shape index (κ3) is 4.55. The molecule has 6 heteroatoms. The van der Waals surface area contributed by atoms with Gasteiger partial charge in [0.1, 0.15) is 5.69 Å². The second-order valence-corrected chi connectivity index (χ2v) is 7.43. The van der Waals surface area contributed by atoms with Gasteiger partial charge in [0, 0.05) is 17.7 Å². The zero-order valence-corrected chi connectivity index (χ0v) is 16.9. The summed E-state index contributed by atoms with van der Waals surface area (Å²) in [5, 5.41) is 9.21. The van der Waals surface area contributed by atoms with Gasteiger partial charge in [0.25, 0.3) is 5.56 Å². The second kappa shape index (κ2) is 8.66. The monoisotopic (exact) mass is 379 g/mol. The van der Waals surface area contributed by atoms with E-state index in [1.165, 1.54) is 10.6 Å². The van der Waals surface area contributed by atoms with Crippen molar-refractivity contribution >= 4 is 5.78 Å². The number of aryl methyl sites for hydroxylation is 1. The first kappa shape index (κ1) is 21.1. The van der Waals surface area contributed by atoms with Crippen molar-refractivity contribution in [3.05, 3.63) is 78.6 Å². The number of ketones is 1. The summed E-state index contributed by atoms with van der Waals surface area (Å²) in [6.45, 7) is 9.60. The van der Waals surface area contributed by atoms with Gasteiger partial charge >= 0.3 is 5.69 Å². The molecule has 1 aromatic heterocycles. The Labute approximate surface area is 164 Å². The first-order valence-corrected chi connectivity index (χ1v) is 9.22. The van der Waals surface area contributed by atoms with Gasteiger partial charge in [-0.05, 0) is 56.9 Å². The second-order valence-electron chi connectivity index (χ2n) is 7.43. The van der Waals surface area contributed by atoms with E-state index in [2.05, 4.69) is 4.98 Å². The Hall–Kier alpha value is -3.20. The molecule has 0 spiro atoms. The number of hydrogen-bond acceptors (Lipinski definition) is 4. The van der Waals surface area contributed by atoms with Crippen molar-refractivity contribution in [1.82, 2.24) is 9.55 Å². The number of rotatable bonds is 6. The molecule has 0 aliphatic carbocycles. The summed E-state index contributed by atoms with van der Waals surface area (Å²) in [6.07, 6.45) is 2.53. The molecule has 0 aliphatic rings. The highest BCUT2D eigenvalue weighted by Crippen LogP contribution is 2.20. The summed E-state index contributed by atoms with van der Waals surface area (Å²) < 4.78 is 1.34. The molecule has 1 aromatic carbocycles. The number of aromatic amines is 1. The third-order valence-electron chi connectivity index (χ3n) is 4.40. The smallest absolute Gasteiger partial charge is 0.289 e. The number of carbonyl (C=O) groups is 1. The first-order valence-electron chi connectivity index (χ1n) is 9.22. The van der Waals surface area contributed by atoms with E-state index in [0.29, 0.717) is 17.5 Å². The summed E-state index contributed by atoms with van der Waals surface area (Å²) in [4.78, 5) is 40.7. The molecule has 0 unspecified atom stereocenters. The lowest BCUT2D eigenvalue weighted by atomic mass is 9.95. The van der Waals surface area contributed by atoms with Crippen molar-refractivity contribution < 1.29 is 4.79 Å². The molecule has 0 saturated carbocycles. The highest BCUT2D eigenvalue weighted by Gasteiger charge is 2.24. The molecule has 2 aromatic rings. The Balaban J connectivity index is 2.75. The fourth-order valence-corrected chi connectivity index (χ4v) is 3.18. The van der Waals surface area contributed by atoms with Crippen molar-refractivity contribution in [2.24, 2.45) is 0 Å². The number of aromatic nitrogens is 2. The number of nitrogens with zero attached hydrogens (tertiary/aromatic N) is 2. The quantitative estimate of drug-likeness (QED) is 0.614. The molecule has 0 saturated heterocycles. The maximum atomic E-state index is 13.4. The molecule has 0 fully saturated rings. The summed E-state index contributed by atoms with van der Waals surface area (Å²) in [5.74, 6) is -0.678. The van der Waals surface area contributed by atoms with E-state index in [9.17, 15) is 19.6 Å². The molecular weight excluding hydrogens is 354 g/mol. The van der Waals surface area contributed by atoms with Crippen LogP contribution in [0.4, 0.5) is 0 Å². The van der Waals surface area contributed by atoms with Crippen molar-refractivity contribution in [3.8, 4) is 6.07 Å². The zero-order valence-electron chi connectivity index (χ0n) is 16.9. The highest BCUT2D eigenvalue weighted by atomic mass is 16.2. The van der Waals surface area contributed by atoms with Gasteiger partial charge in [0.2, 0.25) is 5.78 Å². The predicted octanol–water partition coefficient (Wildman–Crippen LogP) is 3.43. The third-order valence-corrected chi connectivity index (χ3v) is 4.40. The number of hydrogen-bond donors (Lipinski definition) is 1. The summed E-state index contributed by atoms with van der Waals surface area (Å²) in [7, 11) is 0. The molecule has 146 valence electrons. The van der Waals surface area contributed by atoms with Crippen LogP contribution >= 0.6 is 0 Å². The minimum atomic E-state index is -0.604. The molecule has 0 radical (unpaired) electrons. The number of nitrogens with one attached hydrogen (secondary N) is 1. The number of H-pyrrole nitrogens is 1. The molecule has 1 N–H and O–H groups in total. The van der Waals surface area contributed by atoms with Crippen LogP contribution in [0.15, 0.2) is 39.4 Å². The van der Waals surface area contributed by atoms with Crippen molar-refractivity contribution in [3.63, 3.8) is 0 Å². The van der Waals surface area contributed by atoms with Crippen LogP contribution in [0.5, 0.6) is 0 Å². The summed E-state index contributed by atoms with van der Waals surface area (Å²) in [5.41, 5.74) is 1.74. The lowest BCUT2D eigenvalue weighted by Gasteiger charge is -2.17. The molecule has 0 atom stereocenters. The van der Waals surface area contributed by atoms with E-state index in [1.54, 1.807) is 19.1 Å². The lowest BCUT2D eigenvalue weighted by Crippen LogP contribution is -2.38. The molecule has 28 heavy (non-hydrogen) atoms. The normalized spacial score (nSPS) is 10.6. The van der Waals surface area contributed by atoms with Gasteiger partial charge in [-0.3, -0.25) is 19.1 Å². The highest BCUT2D eigenvalue weighted by molar-refractivity contribution is 6.09. The van der Waals surface area contributed by atoms with Crippen LogP contribution in [-0.4, -0.2) is 15.3 Å². The molecule has 6 nitrogen and oxygen atoms in total. The van der Waals surface area contributed by atoms with Gasteiger partial charge < -0.3 is 0 Å². The van der Waals surface area contributed by atoms with Gasteiger partial charge in [-0.15, -0.1) is 0 Å². The zero-order chi connectivity index (χ0) is 21.0. The van der Waals surface area contributed by atoms with Crippen LogP contribution in [-0.2, 0) is 6.54 Å². The summed E-state index contributed by atoms with van der Waals surface area (Å²) in [6, 6.07) is 6.88. The SMILES string of the molecule is CC(C)=CCCn1c(C(=O)c2cc(C)cc(C#N)c2)c(C(C)C)c(=O)[nH]c1=O. The maximum Gasteiger partial charge on any atom is 0.328 e. The van der Waals surface area contributed by atoms with Crippen LogP contribution < -0.4 is 11.2 Å². The molecule has 0 amide bonds. The van der Waals surface area contributed by atoms with Gasteiger partial charge in [0.15, 0.2) is 0 Å². The van der Waals surface area contributed by atoms with Crippen LogP contribution in [0.25, 0.3) is 0 Å². The maximum absolute atomic E-state index is 13.4. The van der Waals surface area contributed by atoms with Gasteiger partial charge in [0.05, 0.1) is 11.6 Å². The van der Waals surface area contributed by atoms with Crippen LogP contribution in [0.1, 0.15) is 72.8 Å². The van der Waals surface area contributed by atoms with E-state index in [-0.39, 0.29) is 23.7 Å². The molecular formula is C22H25N3O3. The van der Waals surface area contributed by atoms with E-state index < -0.39 is 17.0 Å². The van der Waals surface area contributed by atoms with Crippen molar-refractivity contribution in [2.45, 2.75) is 53.5 Å². The van der Waals surface area contributed by atoms with Gasteiger partial charge in [-0.25, -0.2) is 4.79 Å². The summed E-state index contributed by atoms with van der Waals surface area (Å²) >= 11 is 0. The predicted molar refractivity (Wildman–Crippen MR) is 109 cm³/mol. The average molecular weight is 379 g/mol. The Morgan fingerprint density at radius 1 is 1.25 bits per heavy atom. The number of allylic oxidation sites excluding steroid dienone is 2. The molecule has 1 heterocycles. The number of carbonyl (C=O) groups excluding carboxylic acids is 1. The van der Waals surface area contributed by atoms with Crippen molar-refractivity contribution in [1.29, 1.82) is 5.26 Å². The molecule has 2 rings (SSSR count). The Bertz CT molecular complexity index is 1090. The van der Waals surface area contributed by atoms with Gasteiger partial charge in [-0.1, -0.05) is 25.5 Å². The number of nitriles is 1. The molecule has 0 bridgehead atoms. The Morgan fingerprint density at radius 3 is 2.50 bits per heavy atom.